The molecule has 0 fully saturated rings. The minimum atomic E-state index is -0.443. The summed E-state index contributed by atoms with van der Waals surface area (Å²) in [6.45, 7) is 4.20. The Balaban J connectivity index is 1.96. The fourth-order valence-electron chi connectivity index (χ4n) is 2.07. The van der Waals surface area contributed by atoms with Crippen molar-refractivity contribution >= 4 is 17.5 Å². The standard InChI is InChI=1S/C15H20N4O2/c1-4-21-15(20)18-13-7-5-12(6-8-13)17-11(2)14-9-10-16-19(14)3/h5-11,17H,4H2,1-3H3,(H,18,20). The van der Waals surface area contributed by atoms with Gasteiger partial charge in [-0.2, -0.15) is 5.10 Å². The van der Waals surface area contributed by atoms with E-state index in [2.05, 4.69) is 22.7 Å². The van der Waals surface area contributed by atoms with Crippen LogP contribution in [0.4, 0.5) is 16.2 Å². The fraction of sp³-hybridized carbons (Fsp3) is 0.333. The molecule has 2 aromatic rings. The number of amides is 1. The van der Waals surface area contributed by atoms with E-state index in [1.165, 1.54) is 0 Å². The van der Waals surface area contributed by atoms with Crippen LogP contribution in [0.5, 0.6) is 0 Å². The number of hydrogen-bond acceptors (Lipinski definition) is 4. The van der Waals surface area contributed by atoms with Crippen LogP contribution in [-0.2, 0) is 11.8 Å². The first-order chi connectivity index (χ1) is 10.1. The molecule has 2 rings (SSSR count). The Bertz CT molecular complexity index is 592. The van der Waals surface area contributed by atoms with Crippen molar-refractivity contribution in [1.82, 2.24) is 9.78 Å². The van der Waals surface area contributed by atoms with E-state index in [0.29, 0.717) is 12.3 Å². The topological polar surface area (TPSA) is 68.2 Å². The first-order valence-electron chi connectivity index (χ1n) is 6.88. The molecule has 0 aliphatic carbocycles. The van der Waals surface area contributed by atoms with E-state index in [-0.39, 0.29) is 6.04 Å². The lowest BCUT2D eigenvalue weighted by Crippen LogP contribution is -2.13. The predicted molar refractivity (Wildman–Crippen MR) is 82.3 cm³/mol. The van der Waals surface area contributed by atoms with Gasteiger partial charge in [0.1, 0.15) is 0 Å². The largest absolute Gasteiger partial charge is 0.450 e. The Kier molecular flexibility index (Phi) is 4.81. The molecule has 0 radical (unpaired) electrons. The van der Waals surface area contributed by atoms with Crippen molar-refractivity contribution < 1.29 is 9.53 Å². The van der Waals surface area contributed by atoms with Crippen LogP contribution in [0.25, 0.3) is 0 Å². The SMILES string of the molecule is CCOC(=O)Nc1ccc(NC(C)c2ccnn2C)cc1. The molecule has 6 heteroatoms. The van der Waals surface area contributed by atoms with Crippen LogP contribution < -0.4 is 10.6 Å². The minimum absolute atomic E-state index is 0.140. The second kappa shape index (κ2) is 6.78. The molecule has 2 N–H and O–H groups in total. The van der Waals surface area contributed by atoms with Crippen LogP contribution in [0.3, 0.4) is 0 Å². The Morgan fingerprint density at radius 2 is 1.95 bits per heavy atom. The van der Waals surface area contributed by atoms with Gasteiger partial charge in [0.15, 0.2) is 0 Å². The van der Waals surface area contributed by atoms with Gasteiger partial charge in [-0.15, -0.1) is 0 Å². The van der Waals surface area contributed by atoms with Gasteiger partial charge < -0.3 is 10.1 Å². The molecule has 0 aliphatic heterocycles. The number of anilines is 2. The molecule has 21 heavy (non-hydrogen) atoms. The Morgan fingerprint density at radius 1 is 1.29 bits per heavy atom. The molecule has 0 saturated carbocycles. The number of aryl methyl sites for hydroxylation is 1. The zero-order valence-corrected chi connectivity index (χ0v) is 12.5. The van der Waals surface area contributed by atoms with Crippen LogP contribution in [0.2, 0.25) is 0 Å². The summed E-state index contributed by atoms with van der Waals surface area (Å²) in [6, 6.07) is 9.60. The second-order valence-electron chi connectivity index (χ2n) is 4.67. The lowest BCUT2D eigenvalue weighted by Gasteiger charge is -2.16. The van der Waals surface area contributed by atoms with Crippen molar-refractivity contribution in [3.63, 3.8) is 0 Å². The molecule has 112 valence electrons. The number of nitrogens with one attached hydrogen (secondary N) is 2. The quantitative estimate of drug-likeness (QED) is 0.886. The number of nitrogens with zero attached hydrogens (tertiary/aromatic N) is 2. The molecule has 0 spiro atoms. The van der Waals surface area contributed by atoms with Gasteiger partial charge in [0.05, 0.1) is 18.3 Å². The van der Waals surface area contributed by atoms with Crippen molar-refractivity contribution in [2.75, 3.05) is 17.2 Å². The summed E-state index contributed by atoms with van der Waals surface area (Å²) in [5.41, 5.74) is 2.77. The van der Waals surface area contributed by atoms with Gasteiger partial charge in [-0.3, -0.25) is 10.00 Å². The minimum Gasteiger partial charge on any atom is -0.450 e. The van der Waals surface area contributed by atoms with Gasteiger partial charge in [0.2, 0.25) is 0 Å². The highest BCUT2D eigenvalue weighted by molar-refractivity contribution is 5.84. The van der Waals surface area contributed by atoms with Crippen LogP contribution >= 0.6 is 0 Å². The third-order valence-electron chi connectivity index (χ3n) is 3.09. The number of benzene rings is 1. The van der Waals surface area contributed by atoms with Crippen molar-refractivity contribution in [2.24, 2.45) is 7.05 Å². The van der Waals surface area contributed by atoms with Crippen molar-refractivity contribution in [3.05, 3.63) is 42.2 Å². The third-order valence-corrected chi connectivity index (χ3v) is 3.09. The molecule has 6 nitrogen and oxygen atoms in total. The van der Waals surface area contributed by atoms with Gasteiger partial charge in [0, 0.05) is 24.6 Å². The summed E-state index contributed by atoms with van der Waals surface area (Å²) in [6.07, 6.45) is 1.33. The molecule has 0 saturated heterocycles. The van der Waals surface area contributed by atoms with E-state index < -0.39 is 6.09 Å². The van der Waals surface area contributed by atoms with E-state index in [0.717, 1.165) is 11.4 Å². The highest BCUT2D eigenvalue weighted by atomic mass is 16.5. The van der Waals surface area contributed by atoms with E-state index in [1.54, 1.807) is 13.1 Å². The Labute approximate surface area is 124 Å². The van der Waals surface area contributed by atoms with Crippen molar-refractivity contribution in [3.8, 4) is 0 Å². The summed E-state index contributed by atoms with van der Waals surface area (Å²) >= 11 is 0. The summed E-state index contributed by atoms with van der Waals surface area (Å²) in [7, 11) is 1.92. The fourth-order valence-corrected chi connectivity index (χ4v) is 2.07. The summed E-state index contributed by atoms with van der Waals surface area (Å²) in [5.74, 6) is 0. The van der Waals surface area contributed by atoms with Crippen LogP contribution in [0, 0.1) is 0 Å². The molecule has 1 amide bonds. The van der Waals surface area contributed by atoms with Crippen molar-refractivity contribution in [1.29, 1.82) is 0 Å². The third kappa shape index (κ3) is 3.98. The number of carbonyl (C=O) groups excluding carboxylic acids is 1. The van der Waals surface area contributed by atoms with E-state index in [4.69, 9.17) is 4.74 Å². The lowest BCUT2D eigenvalue weighted by atomic mass is 10.2. The number of aromatic nitrogens is 2. The average molecular weight is 288 g/mol. The van der Waals surface area contributed by atoms with Gasteiger partial charge in [-0.1, -0.05) is 0 Å². The zero-order chi connectivity index (χ0) is 15.2. The van der Waals surface area contributed by atoms with Crippen LogP contribution in [0.15, 0.2) is 36.5 Å². The van der Waals surface area contributed by atoms with Gasteiger partial charge in [0.25, 0.3) is 0 Å². The maximum atomic E-state index is 11.3. The van der Waals surface area contributed by atoms with Gasteiger partial charge in [-0.05, 0) is 44.2 Å². The summed E-state index contributed by atoms with van der Waals surface area (Å²) < 4.78 is 6.67. The predicted octanol–water partition coefficient (Wildman–Crippen LogP) is 3.16. The number of rotatable bonds is 5. The number of carbonyl (C=O) groups is 1. The van der Waals surface area contributed by atoms with E-state index in [9.17, 15) is 4.79 Å². The van der Waals surface area contributed by atoms with E-state index >= 15 is 0 Å². The molecule has 1 heterocycles. The molecule has 0 aliphatic rings. The molecular formula is C15H20N4O2. The molecular weight excluding hydrogens is 268 g/mol. The van der Waals surface area contributed by atoms with Gasteiger partial charge in [-0.25, -0.2) is 4.79 Å². The molecule has 1 unspecified atom stereocenters. The maximum absolute atomic E-state index is 11.3. The molecule has 1 atom stereocenters. The average Bonchev–Trinajstić information content (AvgIpc) is 2.87. The highest BCUT2D eigenvalue weighted by Crippen LogP contribution is 2.20. The highest BCUT2D eigenvalue weighted by Gasteiger charge is 2.09. The number of hydrogen-bond donors (Lipinski definition) is 2. The molecule has 1 aromatic carbocycles. The molecule has 1 aromatic heterocycles. The second-order valence-corrected chi connectivity index (χ2v) is 4.67. The normalized spacial score (nSPS) is 11.8. The summed E-state index contributed by atoms with van der Waals surface area (Å²) in [4.78, 5) is 11.3. The lowest BCUT2D eigenvalue weighted by molar-refractivity contribution is 0.168. The monoisotopic (exact) mass is 288 g/mol. The zero-order valence-electron chi connectivity index (χ0n) is 12.5. The van der Waals surface area contributed by atoms with Gasteiger partial charge >= 0.3 is 6.09 Å². The van der Waals surface area contributed by atoms with E-state index in [1.807, 2.05) is 42.1 Å². The van der Waals surface area contributed by atoms with Crippen molar-refractivity contribution in [2.45, 2.75) is 19.9 Å². The number of ether oxygens (including phenoxy) is 1. The smallest absolute Gasteiger partial charge is 0.411 e. The Hall–Kier alpha value is -2.50. The first-order valence-corrected chi connectivity index (χ1v) is 6.88. The summed E-state index contributed by atoms with van der Waals surface area (Å²) in [5, 5.41) is 10.2. The van der Waals surface area contributed by atoms with Crippen LogP contribution in [0.1, 0.15) is 25.6 Å². The first kappa shape index (κ1) is 14.9. The molecule has 0 bridgehead atoms. The van der Waals surface area contributed by atoms with Crippen LogP contribution in [-0.4, -0.2) is 22.5 Å². The maximum Gasteiger partial charge on any atom is 0.411 e. The Morgan fingerprint density at radius 3 is 2.52 bits per heavy atom.